The quantitative estimate of drug-likeness (QED) is 0.322. The number of Topliss-reactive ketones (excluding diaryl/α,β-unsaturated/α-hetero) is 1. The first-order valence-electron chi connectivity index (χ1n) is 11.4. The number of hydrogen-bond donors (Lipinski definition) is 3. The number of aryl methyl sites for hydroxylation is 1. The van der Waals surface area contributed by atoms with Crippen LogP contribution >= 0.6 is 11.6 Å². The molecule has 5 rings (SSSR count). The Morgan fingerprint density at radius 2 is 1.95 bits per heavy atom. The first-order chi connectivity index (χ1) is 17.8. The Morgan fingerprint density at radius 1 is 1.11 bits per heavy atom. The van der Waals surface area contributed by atoms with Gasteiger partial charge in [-0.05, 0) is 44.5 Å². The number of nitrogens with one attached hydrogen (secondary N) is 3. The molecule has 4 aromatic rings. The van der Waals surface area contributed by atoms with Crippen molar-refractivity contribution in [3.05, 3.63) is 88.0 Å². The molecule has 1 amide bonds. The van der Waals surface area contributed by atoms with Gasteiger partial charge in [-0.3, -0.25) is 19.9 Å². The van der Waals surface area contributed by atoms with Crippen LogP contribution in [0.3, 0.4) is 0 Å². The van der Waals surface area contributed by atoms with Gasteiger partial charge in [0.1, 0.15) is 17.4 Å². The van der Waals surface area contributed by atoms with Gasteiger partial charge in [0, 0.05) is 40.3 Å². The van der Waals surface area contributed by atoms with Crippen molar-refractivity contribution in [3.8, 4) is 0 Å². The van der Waals surface area contributed by atoms with Crippen LogP contribution < -0.4 is 16.0 Å². The van der Waals surface area contributed by atoms with E-state index in [-0.39, 0.29) is 17.6 Å². The molecule has 10 nitrogen and oxygen atoms in total. The Morgan fingerprint density at radius 3 is 2.70 bits per heavy atom. The predicted molar refractivity (Wildman–Crippen MR) is 140 cm³/mol. The Kier molecular flexibility index (Phi) is 6.41. The fourth-order valence-electron chi connectivity index (χ4n) is 3.95. The number of halogens is 1. The van der Waals surface area contributed by atoms with Crippen LogP contribution in [0.5, 0.6) is 0 Å². The van der Waals surface area contributed by atoms with Gasteiger partial charge in [0.05, 0.1) is 11.8 Å². The van der Waals surface area contributed by atoms with Crippen LogP contribution in [0.25, 0.3) is 11.1 Å². The third-order valence-electron chi connectivity index (χ3n) is 5.76. The highest BCUT2D eigenvalue weighted by Gasteiger charge is 2.31. The summed E-state index contributed by atoms with van der Waals surface area (Å²) in [5.41, 5.74) is 4.10. The predicted octanol–water partition coefficient (Wildman–Crippen LogP) is 4.81. The Labute approximate surface area is 216 Å². The molecule has 0 saturated heterocycles. The molecule has 3 N–H and O–H groups in total. The van der Waals surface area contributed by atoms with E-state index >= 15 is 0 Å². The number of benzene rings is 1. The third kappa shape index (κ3) is 5.05. The molecule has 1 aliphatic rings. The minimum absolute atomic E-state index is 0.132. The fourth-order valence-corrected chi connectivity index (χ4v) is 4.29. The lowest BCUT2D eigenvalue weighted by molar-refractivity contribution is -0.113. The fraction of sp³-hybridized carbons (Fsp3) is 0.154. The Bertz CT molecular complexity index is 1580. The van der Waals surface area contributed by atoms with Gasteiger partial charge >= 0.3 is 6.01 Å². The topological polar surface area (TPSA) is 134 Å². The second kappa shape index (κ2) is 9.82. The van der Waals surface area contributed by atoms with Crippen LogP contribution in [0.15, 0.2) is 75.7 Å². The van der Waals surface area contributed by atoms with Crippen molar-refractivity contribution in [3.63, 3.8) is 0 Å². The number of fused-ring (bicyclic) bond motifs is 1. The lowest BCUT2D eigenvalue weighted by Crippen LogP contribution is -2.37. The monoisotopic (exact) mass is 515 g/mol. The Balaban J connectivity index is 1.50. The van der Waals surface area contributed by atoms with Crippen LogP contribution in [0.2, 0.25) is 5.02 Å². The number of amides is 1. The molecule has 1 aliphatic heterocycles. The number of carbonyl (C=O) groups excluding carboxylic acids is 2. The smallest absolute Gasteiger partial charge is 0.302 e. The molecule has 11 heteroatoms. The van der Waals surface area contributed by atoms with Crippen molar-refractivity contribution in [2.24, 2.45) is 4.99 Å². The van der Waals surface area contributed by atoms with Crippen LogP contribution in [0.4, 0.5) is 11.8 Å². The SMILES string of the molecule is CC(=O)c1ccnc(NC(=O)C2=C(C)NC(Nc3nc4cnccc4o3)=NC2c2ccc(C)cc2Cl)c1. The van der Waals surface area contributed by atoms with E-state index in [1.165, 1.54) is 19.2 Å². The Hall–Kier alpha value is -4.57. The van der Waals surface area contributed by atoms with E-state index in [1.54, 1.807) is 31.5 Å². The van der Waals surface area contributed by atoms with Crippen LogP contribution in [-0.2, 0) is 4.79 Å². The summed E-state index contributed by atoms with van der Waals surface area (Å²) < 4.78 is 5.73. The summed E-state index contributed by atoms with van der Waals surface area (Å²) in [6.45, 7) is 5.14. The van der Waals surface area contributed by atoms with Crippen molar-refractivity contribution < 1.29 is 14.0 Å². The number of guanidine groups is 1. The summed E-state index contributed by atoms with van der Waals surface area (Å²) in [6.07, 6.45) is 4.68. The molecule has 0 radical (unpaired) electrons. The van der Waals surface area contributed by atoms with E-state index in [4.69, 9.17) is 21.0 Å². The molecule has 4 heterocycles. The highest BCUT2D eigenvalue weighted by atomic mass is 35.5. The van der Waals surface area contributed by atoms with Crippen molar-refractivity contribution >= 4 is 52.2 Å². The second-order valence-corrected chi connectivity index (χ2v) is 8.90. The van der Waals surface area contributed by atoms with E-state index < -0.39 is 11.9 Å². The van der Waals surface area contributed by atoms with Crippen LogP contribution in [0.1, 0.15) is 41.4 Å². The van der Waals surface area contributed by atoms with Crippen molar-refractivity contribution in [2.45, 2.75) is 26.8 Å². The molecule has 0 fully saturated rings. The molecule has 0 spiro atoms. The molecule has 3 aromatic heterocycles. The highest BCUT2D eigenvalue weighted by Crippen LogP contribution is 2.36. The summed E-state index contributed by atoms with van der Waals surface area (Å²) in [5.74, 6) is 0.00876. The summed E-state index contributed by atoms with van der Waals surface area (Å²) in [5, 5.41) is 9.40. The van der Waals surface area contributed by atoms with Gasteiger partial charge in [-0.15, -0.1) is 0 Å². The minimum Gasteiger partial charge on any atom is -0.423 e. The summed E-state index contributed by atoms with van der Waals surface area (Å²) in [7, 11) is 0. The number of allylic oxidation sites excluding steroid dienone is 1. The van der Waals surface area contributed by atoms with Gasteiger partial charge < -0.3 is 15.1 Å². The largest absolute Gasteiger partial charge is 0.423 e. The first kappa shape index (κ1) is 24.1. The standard InChI is InChI=1S/C26H22ClN7O3/c1-13-4-5-17(18(27)10-13)23-22(24(36)32-21-11-16(15(3)35)6-9-29-21)14(2)30-25(33-23)34-26-31-19-12-28-8-7-20(19)37-26/h4-12,23H,1-3H3,(H,29,32,36)(H2,30,31,33,34). The summed E-state index contributed by atoms with van der Waals surface area (Å²) in [4.78, 5) is 42.6. The molecule has 1 atom stereocenters. The number of carbonyl (C=O) groups is 2. The number of aliphatic imine (C=N–C) groups is 1. The summed E-state index contributed by atoms with van der Waals surface area (Å²) >= 11 is 6.61. The highest BCUT2D eigenvalue weighted by molar-refractivity contribution is 6.31. The summed E-state index contributed by atoms with van der Waals surface area (Å²) in [6, 6.07) is 9.85. The number of hydrogen-bond acceptors (Lipinski definition) is 9. The van der Waals surface area contributed by atoms with E-state index in [0.717, 1.165) is 5.56 Å². The molecule has 37 heavy (non-hydrogen) atoms. The van der Waals surface area contributed by atoms with Gasteiger partial charge in [-0.2, -0.15) is 4.98 Å². The van der Waals surface area contributed by atoms with Crippen molar-refractivity contribution in [2.75, 3.05) is 10.6 Å². The van der Waals surface area contributed by atoms with Crippen LogP contribution in [-0.4, -0.2) is 32.6 Å². The molecule has 1 aromatic carbocycles. The molecule has 0 bridgehead atoms. The molecular weight excluding hydrogens is 494 g/mol. The number of ketones is 1. The molecular formula is C26H22ClN7O3. The number of nitrogens with zero attached hydrogens (tertiary/aromatic N) is 4. The molecule has 186 valence electrons. The molecule has 0 saturated carbocycles. The third-order valence-corrected chi connectivity index (χ3v) is 6.09. The zero-order valence-electron chi connectivity index (χ0n) is 20.2. The zero-order valence-corrected chi connectivity index (χ0v) is 20.9. The van der Waals surface area contributed by atoms with Crippen molar-refractivity contribution in [1.82, 2.24) is 20.3 Å². The maximum atomic E-state index is 13.5. The van der Waals surface area contributed by atoms with Gasteiger partial charge in [0.15, 0.2) is 11.4 Å². The number of rotatable bonds is 5. The van der Waals surface area contributed by atoms with E-state index in [0.29, 0.717) is 44.5 Å². The lowest BCUT2D eigenvalue weighted by atomic mass is 9.95. The van der Waals surface area contributed by atoms with Gasteiger partial charge in [-0.25, -0.2) is 9.98 Å². The van der Waals surface area contributed by atoms with E-state index in [1.807, 2.05) is 25.1 Å². The number of pyridine rings is 2. The van der Waals surface area contributed by atoms with Gasteiger partial charge in [-0.1, -0.05) is 23.7 Å². The lowest BCUT2D eigenvalue weighted by Gasteiger charge is -2.27. The number of aromatic nitrogens is 3. The van der Waals surface area contributed by atoms with Gasteiger partial charge in [0.2, 0.25) is 5.96 Å². The number of anilines is 2. The zero-order chi connectivity index (χ0) is 26.1. The van der Waals surface area contributed by atoms with E-state index in [9.17, 15) is 9.59 Å². The van der Waals surface area contributed by atoms with Crippen molar-refractivity contribution in [1.29, 1.82) is 0 Å². The average molecular weight is 516 g/mol. The normalized spacial score (nSPS) is 15.2. The van der Waals surface area contributed by atoms with Gasteiger partial charge in [0.25, 0.3) is 5.91 Å². The maximum Gasteiger partial charge on any atom is 0.302 e. The first-order valence-corrected chi connectivity index (χ1v) is 11.7. The minimum atomic E-state index is -0.751. The number of oxazole rings is 1. The molecule has 0 aliphatic carbocycles. The molecule has 1 unspecified atom stereocenters. The average Bonchev–Trinajstić information content (AvgIpc) is 3.26. The van der Waals surface area contributed by atoms with E-state index in [2.05, 4.69) is 30.9 Å². The van der Waals surface area contributed by atoms with Crippen LogP contribution in [0, 0.1) is 6.92 Å². The maximum absolute atomic E-state index is 13.5. The second-order valence-electron chi connectivity index (χ2n) is 8.50.